The number of nitrogens with zero attached hydrogens (tertiary/aromatic N) is 3. The number of nitrogens with two attached hydrogens (primary N) is 3. The van der Waals surface area contributed by atoms with E-state index in [0.29, 0.717) is 50.3 Å². The number of methoxy groups -OCH3 is 1. The number of hydrogen-bond acceptors (Lipinski definition) is 11. The van der Waals surface area contributed by atoms with Crippen LogP contribution in [-0.4, -0.2) is 91.4 Å². The van der Waals surface area contributed by atoms with E-state index in [9.17, 15) is 14.4 Å². The van der Waals surface area contributed by atoms with Gasteiger partial charge >= 0.3 is 12.1 Å². The molecule has 12 nitrogen and oxygen atoms in total. The number of ether oxygens (including phenoxy) is 3. The highest BCUT2D eigenvalue weighted by Crippen LogP contribution is 2.25. The molecule has 0 spiro atoms. The first-order valence-corrected chi connectivity index (χ1v) is 15.8. The van der Waals surface area contributed by atoms with Gasteiger partial charge in [-0.3, -0.25) is 19.4 Å². The summed E-state index contributed by atoms with van der Waals surface area (Å²) in [6.45, 7) is 11.1. The Kier molecular flexibility index (Phi) is 18.1. The van der Waals surface area contributed by atoms with Gasteiger partial charge in [0.1, 0.15) is 24.5 Å². The molecule has 3 unspecified atom stereocenters. The van der Waals surface area contributed by atoms with E-state index in [1.807, 2.05) is 46.9 Å². The monoisotopic (exact) mass is 620 g/mol. The smallest absolute Gasteiger partial charge is 0.411 e. The molecule has 3 rings (SSSR count). The number of ketones is 1. The number of benzene rings is 1. The Morgan fingerprint density at radius 2 is 1.84 bits per heavy atom. The van der Waals surface area contributed by atoms with Gasteiger partial charge in [-0.25, -0.2) is 10.6 Å². The number of fused-ring (bicyclic) bond motifs is 1. The standard InChI is InChI=1S/C28H44N6O6.2C2H6/c1-19-24(35)12-11-22(38-3)10-7-13-32(2)26-25(18-39-27(19)36)40-28(37)34(26)15-5-4-14-33(31)17-23(30)20-8-6-9-21(29)16-20;2*1-2/h6,8-9,16-17,19,22,25-26H,4-5,7,10-15,18,29-31H2,1-3H3;2*1-2H3/b23-17-;;/t19?,22?,25?,26-;;/m0../s1. The fourth-order valence-electron chi connectivity index (χ4n) is 5.07. The van der Waals surface area contributed by atoms with Crippen LogP contribution in [-0.2, 0) is 23.8 Å². The predicted octanol–water partition coefficient (Wildman–Crippen LogP) is 3.95. The van der Waals surface area contributed by atoms with Gasteiger partial charge < -0.3 is 30.7 Å². The van der Waals surface area contributed by atoms with E-state index in [1.165, 1.54) is 5.01 Å². The van der Waals surface area contributed by atoms with Crippen LogP contribution in [0.4, 0.5) is 10.5 Å². The molecule has 2 heterocycles. The van der Waals surface area contributed by atoms with Crippen molar-refractivity contribution in [3.8, 4) is 0 Å². The van der Waals surface area contributed by atoms with E-state index in [4.69, 9.17) is 31.5 Å². The number of rotatable bonds is 8. The van der Waals surface area contributed by atoms with Crippen LogP contribution in [0.15, 0.2) is 30.5 Å². The van der Waals surface area contributed by atoms with E-state index in [-0.39, 0.29) is 24.9 Å². The van der Waals surface area contributed by atoms with Crippen LogP contribution in [0.2, 0.25) is 0 Å². The van der Waals surface area contributed by atoms with Gasteiger partial charge in [-0.15, -0.1) is 0 Å². The van der Waals surface area contributed by atoms with Crippen molar-refractivity contribution in [1.82, 2.24) is 14.8 Å². The average molecular weight is 621 g/mol. The van der Waals surface area contributed by atoms with Crippen LogP contribution >= 0.6 is 0 Å². The summed E-state index contributed by atoms with van der Waals surface area (Å²) in [5.74, 6) is 4.45. The van der Waals surface area contributed by atoms with Gasteiger partial charge in [0.15, 0.2) is 6.10 Å². The van der Waals surface area contributed by atoms with Crippen molar-refractivity contribution in [2.24, 2.45) is 17.5 Å². The summed E-state index contributed by atoms with van der Waals surface area (Å²) in [6.07, 6.45) is 3.78. The minimum Gasteiger partial charge on any atom is -0.461 e. The fourth-order valence-corrected chi connectivity index (χ4v) is 5.07. The molecule has 0 aromatic heterocycles. The summed E-state index contributed by atoms with van der Waals surface area (Å²) in [5, 5.41) is 1.52. The molecule has 44 heavy (non-hydrogen) atoms. The zero-order chi connectivity index (χ0) is 33.2. The van der Waals surface area contributed by atoms with Crippen molar-refractivity contribution < 1.29 is 28.6 Å². The molecular weight excluding hydrogens is 564 g/mol. The lowest BCUT2D eigenvalue weighted by Gasteiger charge is -2.33. The second-order valence-electron chi connectivity index (χ2n) is 10.5. The van der Waals surface area contributed by atoms with E-state index in [2.05, 4.69) is 4.90 Å². The number of cyclic esters (lactones) is 1. The average Bonchev–Trinajstić information content (AvgIpc) is 3.35. The zero-order valence-corrected chi connectivity index (χ0v) is 27.8. The molecule has 2 aliphatic rings. The number of anilines is 1. The van der Waals surface area contributed by atoms with E-state index in [0.717, 1.165) is 18.4 Å². The number of carbonyl (C=O) groups excluding carboxylic acids is 3. The van der Waals surface area contributed by atoms with Crippen LogP contribution in [0.25, 0.3) is 5.70 Å². The van der Waals surface area contributed by atoms with Crippen molar-refractivity contribution in [1.29, 1.82) is 0 Å². The Labute approximate surface area is 263 Å². The van der Waals surface area contributed by atoms with E-state index in [1.54, 1.807) is 37.3 Å². The first-order valence-electron chi connectivity index (χ1n) is 15.8. The fraction of sp³-hybridized carbons (Fsp3) is 0.656. The number of esters is 1. The molecule has 2 saturated heterocycles. The number of nitrogen functional groups attached to an aromatic ring is 1. The third-order valence-electron chi connectivity index (χ3n) is 7.49. The van der Waals surface area contributed by atoms with Crippen LogP contribution in [0, 0.1) is 5.92 Å². The summed E-state index contributed by atoms with van der Waals surface area (Å²) >= 11 is 0. The third kappa shape index (κ3) is 12.0. The largest absolute Gasteiger partial charge is 0.461 e. The first kappa shape index (κ1) is 38.7. The Bertz CT molecular complexity index is 1050. The minimum absolute atomic E-state index is 0.0848. The van der Waals surface area contributed by atoms with Gasteiger partial charge in [0.05, 0.1) is 11.8 Å². The van der Waals surface area contributed by atoms with Crippen LogP contribution in [0.5, 0.6) is 0 Å². The molecule has 6 N–H and O–H groups in total. The Balaban J connectivity index is 0.00000232. The maximum Gasteiger partial charge on any atom is 0.411 e. The van der Waals surface area contributed by atoms with Gasteiger partial charge in [0, 0.05) is 50.6 Å². The highest BCUT2D eigenvalue weighted by atomic mass is 16.6. The normalized spacial score (nSPS) is 23.6. The number of hydrogen-bond donors (Lipinski definition) is 3. The van der Waals surface area contributed by atoms with Crippen molar-refractivity contribution in [2.75, 3.05) is 46.1 Å². The topological polar surface area (TPSA) is 167 Å². The predicted molar refractivity (Wildman–Crippen MR) is 174 cm³/mol. The molecule has 0 aliphatic carbocycles. The molecule has 0 saturated carbocycles. The maximum absolute atomic E-state index is 12.9. The lowest BCUT2D eigenvalue weighted by Crippen LogP contribution is -2.50. The van der Waals surface area contributed by atoms with Crippen LogP contribution in [0.3, 0.4) is 0 Å². The molecule has 12 heteroatoms. The zero-order valence-electron chi connectivity index (χ0n) is 27.8. The minimum atomic E-state index is -0.883. The maximum atomic E-state index is 12.9. The number of Topliss-reactive ketones (excluding diaryl/α,β-unsaturated/α-hetero) is 1. The lowest BCUT2D eigenvalue weighted by atomic mass is 9.99. The molecule has 250 valence electrons. The van der Waals surface area contributed by atoms with Gasteiger partial charge in [-0.05, 0) is 58.2 Å². The Hall–Kier alpha value is -3.35. The van der Waals surface area contributed by atoms with Crippen molar-refractivity contribution >= 4 is 29.2 Å². The van der Waals surface area contributed by atoms with Gasteiger partial charge in [0.2, 0.25) is 0 Å². The molecular formula is C32H56N6O6. The number of hydrazine groups is 1. The molecule has 1 amide bonds. The summed E-state index contributed by atoms with van der Waals surface area (Å²) in [6, 6.07) is 7.26. The SMILES string of the molecule is CC.CC.COC1CCCN(C)[C@@H]2C(COC(=O)C(C)C(=O)CC1)OC(=O)N2CCCCN(N)/C=C(\N)c1cccc(N)c1. The number of carbonyl (C=O) groups is 3. The third-order valence-corrected chi connectivity index (χ3v) is 7.49. The Morgan fingerprint density at radius 3 is 2.50 bits per heavy atom. The molecule has 1 aromatic rings. The van der Waals surface area contributed by atoms with Crippen LogP contribution in [0.1, 0.15) is 78.7 Å². The van der Waals surface area contributed by atoms with Gasteiger partial charge in [0.25, 0.3) is 0 Å². The molecule has 0 bridgehead atoms. The Morgan fingerprint density at radius 1 is 1.14 bits per heavy atom. The molecule has 2 fully saturated rings. The highest BCUT2D eigenvalue weighted by Gasteiger charge is 2.44. The molecule has 0 radical (unpaired) electrons. The number of likely N-dealkylation sites (N-methyl/N-ethyl adjacent to an activating group) is 1. The van der Waals surface area contributed by atoms with Gasteiger partial charge in [-0.2, -0.15) is 0 Å². The summed E-state index contributed by atoms with van der Waals surface area (Å²) in [5.41, 5.74) is 13.9. The van der Waals surface area contributed by atoms with E-state index >= 15 is 0 Å². The lowest BCUT2D eigenvalue weighted by molar-refractivity contribution is -0.154. The second-order valence-corrected chi connectivity index (χ2v) is 10.5. The summed E-state index contributed by atoms with van der Waals surface area (Å²) in [7, 11) is 3.56. The van der Waals surface area contributed by atoms with E-state index < -0.39 is 30.3 Å². The summed E-state index contributed by atoms with van der Waals surface area (Å²) in [4.78, 5) is 41.7. The van der Waals surface area contributed by atoms with Gasteiger partial charge in [-0.1, -0.05) is 39.8 Å². The number of amides is 1. The van der Waals surface area contributed by atoms with Crippen molar-refractivity contribution in [2.45, 2.75) is 91.5 Å². The summed E-state index contributed by atoms with van der Waals surface area (Å²) < 4.78 is 16.6. The molecule has 4 atom stereocenters. The highest BCUT2D eigenvalue weighted by molar-refractivity contribution is 5.98. The first-order chi connectivity index (χ1) is 21.1. The van der Waals surface area contributed by atoms with Crippen molar-refractivity contribution in [3.63, 3.8) is 0 Å². The quantitative estimate of drug-likeness (QED) is 0.0961. The molecule has 1 aromatic carbocycles. The second kappa shape index (κ2) is 20.6. The molecule has 2 aliphatic heterocycles. The number of unbranched alkanes of at least 4 members (excludes halogenated alkanes) is 1. The van der Waals surface area contributed by atoms with Crippen LogP contribution < -0.4 is 17.3 Å². The van der Waals surface area contributed by atoms with Crippen molar-refractivity contribution in [3.05, 3.63) is 36.0 Å².